The Morgan fingerprint density at radius 2 is 2.27 bits per heavy atom. The monoisotopic (exact) mass is 161 g/mol. The first-order chi connectivity index (χ1) is 5.36. The first-order valence-electron chi connectivity index (χ1n) is 3.81. The Bertz CT molecular complexity index is 269. The number of hydrogen-bond acceptors (Lipinski definition) is 0. The lowest BCUT2D eigenvalue weighted by Crippen LogP contribution is -1.92. The number of hydrogen-bond donors (Lipinski definition) is 0. The summed E-state index contributed by atoms with van der Waals surface area (Å²) in [6, 6.07) is 0. The Balaban J connectivity index is 2.31. The molecule has 11 heavy (non-hydrogen) atoms. The van der Waals surface area contributed by atoms with E-state index in [-0.39, 0.29) is 7.92 Å². The summed E-state index contributed by atoms with van der Waals surface area (Å²) in [6.07, 6.45) is 12.1. The van der Waals surface area contributed by atoms with Crippen LogP contribution in [0.15, 0.2) is 41.3 Å². The second kappa shape index (κ2) is 2.79. The highest BCUT2D eigenvalue weighted by atomic mass is 31.1. The average Bonchev–Trinajstić information content (AvgIpc) is 2.04. The molecule has 0 aromatic carbocycles. The second-order valence-corrected chi connectivity index (χ2v) is 4.66. The molecule has 1 heteroatoms. The Kier molecular flexibility index (Phi) is 1.79. The maximum atomic E-state index is 3.44. The van der Waals surface area contributed by atoms with Gasteiger partial charge in [-0.25, -0.2) is 0 Å². The van der Waals surface area contributed by atoms with Crippen LogP contribution < -0.4 is 0 Å². The van der Waals surface area contributed by atoms with E-state index in [1.165, 1.54) is 5.31 Å². The summed E-state index contributed by atoms with van der Waals surface area (Å²) in [5.74, 6) is 5.08. The smallest absolute Gasteiger partial charge is 0.000303 e. The van der Waals surface area contributed by atoms with Gasteiger partial charge >= 0.3 is 0 Å². The van der Waals surface area contributed by atoms with Gasteiger partial charge < -0.3 is 0 Å². The molecule has 0 aromatic rings. The Labute approximate surface area is 68.8 Å². The summed E-state index contributed by atoms with van der Waals surface area (Å²) in [5, 5.41) is 1.39. The number of allylic oxidation sites excluding steroid dienone is 6. The normalized spacial score (nSPS) is 33.4. The average molecular weight is 161 g/mol. The maximum absolute atomic E-state index is 3.44. The fourth-order valence-electron chi connectivity index (χ4n) is 1.21. The number of fused-ring (bicyclic) bond motifs is 1. The molecule has 2 unspecified atom stereocenters. The van der Waals surface area contributed by atoms with Crippen LogP contribution in [0, 0.1) is 12.0 Å². The van der Waals surface area contributed by atoms with Crippen LogP contribution in [-0.2, 0) is 0 Å². The van der Waals surface area contributed by atoms with E-state index >= 15 is 0 Å². The lowest BCUT2D eigenvalue weighted by atomic mass is 10.1. The van der Waals surface area contributed by atoms with Gasteiger partial charge in [0, 0.05) is 5.92 Å². The Morgan fingerprint density at radius 1 is 1.36 bits per heavy atom. The molecule has 1 radical (unpaired) electrons. The van der Waals surface area contributed by atoms with Gasteiger partial charge in [-0.05, 0) is 19.3 Å². The topological polar surface area (TPSA) is 0 Å². The first-order valence-corrected chi connectivity index (χ1v) is 5.29. The molecule has 2 aliphatic heterocycles. The van der Waals surface area contributed by atoms with Crippen molar-refractivity contribution in [1.29, 1.82) is 0 Å². The Morgan fingerprint density at radius 3 is 3.18 bits per heavy atom. The zero-order chi connectivity index (χ0) is 7.68. The summed E-state index contributed by atoms with van der Waals surface area (Å²) < 4.78 is 0. The van der Waals surface area contributed by atoms with Gasteiger partial charge in [0.25, 0.3) is 0 Å². The van der Waals surface area contributed by atoms with Crippen molar-refractivity contribution in [3.05, 3.63) is 47.3 Å². The number of rotatable bonds is 0. The SMILES string of the molecule is CC1[C]=C2C=CC=CP2C=C1. The van der Waals surface area contributed by atoms with E-state index < -0.39 is 0 Å². The van der Waals surface area contributed by atoms with Crippen LogP contribution in [0.1, 0.15) is 6.92 Å². The van der Waals surface area contributed by atoms with Gasteiger partial charge in [-0.3, -0.25) is 0 Å². The third-order valence-electron chi connectivity index (χ3n) is 1.80. The molecular weight excluding hydrogens is 151 g/mol. The van der Waals surface area contributed by atoms with E-state index in [1.807, 2.05) is 0 Å². The van der Waals surface area contributed by atoms with Crippen LogP contribution in [0.25, 0.3) is 0 Å². The van der Waals surface area contributed by atoms with Crippen molar-refractivity contribution in [2.45, 2.75) is 6.92 Å². The molecule has 0 N–H and O–H groups in total. The van der Waals surface area contributed by atoms with Crippen LogP contribution in [0.3, 0.4) is 0 Å². The molecule has 0 nitrogen and oxygen atoms in total. The van der Waals surface area contributed by atoms with Crippen molar-refractivity contribution in [1.82, 2.24) is 0 Å². The van der Waals surface area contributed by atoms with Crippen molar-refractivity contribution in [2.75, 3.05) is 0 Å². The standard InChI is InChI=1S/C10H10P/c1-9-5-7-11-6-3-2-4-10(11)8-9/h2-7,9H,1H3. The van der Waals surface area contributed by atoms with E-state index in [0.29, 0.717) is 5.92 Å². The fourth-order valence-corrected chi connectivity index (χ4v) is 2.97. The summed E-state index contributed by atoms with van der Waals surface area (Å²) in [6.45, 7) is 2.17. The third kappa shape index (κ3) is 1.36. The van der Waals surface area contributed by atoms with Gasteiger partial charge in [-0.2, -0.15) is 0 Å². The molecule has 2 aliphatic rings. The lowest BCUT2D eigenvalue weighted by Gasteiger charge is -2.18. The molecule has 0 fully saturated rings. The van der Waals surface area contributed by atoms with Gasteiger partial charge in [0.05, 0.1) is 0 Å². The first kappa shape index (κ1) is 7.06. The van der Waals surface area contributed by atoms with Crippen LogP contribution in [-0.4, -0.2) is 0 Å². The van der Waals surface area contributed by atoms with Crippen molar-refractivity contribution in [3.8, 4) is 0 Å². The molecule has 0 bridgehead atoms. The summed E-state index contributed by atoms with van der Waals surface area (Å²) >= 11 is 0. The molecule has 2 rings (SSSR count). The van der Waals surface area contributed by atoms with E-state index in [1.54, 1.807) is 0 Å². The molecular formula is C10H10P. The minimum atomic E-state index is -0.115. The van der Waals surface area contributed by atoms with Crippen LogP contribution in [0.2, 0.25) is 0 Å². The van der Waals surface area contributed by atoms with Crippen LogP contribution in [0.5, 0.6) is 0 Å². The molecule has 0 amide bonds. The summed E-state index contributed by atoms with van der Waals surface area (Å²) in [4.78, 5) is 0. The minimum Gasteiger partial charge on any atom is -0.0762 e. The molecule has 0 aliphatic carbocycles. The van der Waals surface area contributed by atoms with Gasteiger partial charge in [0.1, 0.15) is 0 Å². The van der Waals surface area contributed by atoms with Gasteiger partial charge in [-0.15, -0.1) is 0 Å². The molecule has 2 heterocycles. The van der Waals surface area contributed by atoms with Gasteiger partial charge in [0.15, 0.2) is 0 Å². The largest absolute Gasteiger partial charge is 0.0762 e. The van der Waals surface area contributed by atoms with Crippen LogP contribution in [0.4, 0.5) is 0 Å². The van der Waals surface area contributed by atoms with E-state index in [4.69, 9.17) is 0 Å². The maximum Gasteiger partial charge on any atom is 0.000303 e. The van der Waals surface area contributed by atoms with Crippen molar-refractivity contribution in [3.63, 3.8) is 0 Å². The van der Waals surface area contributed by atoms with Gasteiger partial charge in [-0.1, -0.05) is 42.9 Å². The van der Waals surface area contributed by atoms with Crippen LogP contribution >= 0.6 is 7.92 Å². The zero-order valence-electron chi connectivity index (χ0n) is 6.49. The van der Waals surface area contributed by atoms with Gasteiger partial charge in [0.2, 0.25) is 0 Å². The van der Waals surface area contributed by atoms with Crippen molar-refractivity contribution < 1.29 is 0 Å². The van der Waals surface area contributed by atoms with Crippen molar-refractivity contribution in [2.24, 2.45) is 5.92 Å². The van der Waals surface area contributed by atoms with Crippen molar-refractivity contribution >= 4 is 7.92 Å². The second-order valence-electron chi connectivity index (χ2n) is 2.77. The molecule has 0 spiro atoms. The molecule has 55 valence electrons. The highest BCUT2D eigenvalue weighted by Crippen LogP contribution is 2.52. The van der Waals surface area contributed by atoms with E-state index in [0.717, 1.165) is 0 Å². The quantitative estimate of drug-likeness (QED) is 0.477. The Hall–Kier alpha value is -0.610. The summed E-state index contributed by atoms with van der Waals surface area (Å²) in [5.41, 5.74) is 0. The fraction of sp³-hybridized carbons (Fsp3) is 0.200. The zero-order valence-corrected chi connectivity index (χ0v) is 7.38. The molecule has 0 saturated carbocycles. The molecule has 0 saturated heterocycles. The molecule has 2 atom stereocenters. The highest BCUT2D eigenvalue weighted by molar-refractivity contribution is 7.68. The van der Waals surface area contributed by atoms with E-state index in [9.17, 15) is 0 Å². The third-order valence-corrected chi connectivity index (χ3v) is 3.62. The minimum absolute atomic E-state index is 0.115. The highest BCUT2D eigenvalue weighted by Gasteiger charge is 2.12. The summed E-state index contributed by atoms with van der Waals surface area (Å²) in [7, 11) is -0.115. The van der Waals surface area contributed by atoms with E-state index in [2.05, 4.69) is 48.9 Å². The predicted molar refractivity (Wildman–Crippen MR) is 50.3 cm³/mol. The predicted octanol–water partition coefficient (Wildman–Crippen LogP) is 3.40. The lowest BCUT2D eigenvalue weighted by molar-refractivity contribution is 0.905. The molecule has 0 aromatic heterocycles.